The van der Waals surface area contributed by atoms with E-state index in [2.05, 4.69) is 36.2 Å². The number of benzene rings is 2. The fourth-order valence-electron chi connectivity index (χ4n) is 1.67. The molecule has 2 aromatic carbocycles. The molecule has 0 aliphatic heterocycles. The molecular formula is C17H17N. The largest absolute Gasteiger partial charge is 0.372 e. The molecule has 18 heavy (non-hydrogen) atoms. The lowest BCUT2D eigenvalue weighted by Crippen LogP contribution is -2.15. The molecule has 90 valence electrons. The van der Waals surface area contributed by atoms with E-state index < -0.39 is 0 Å². The minimum absolute atomic E-state index is 0.188. The fraction of sp³-hybridized carbons (Fsp3) is 0.176. The van der Waals surface area contributed by atoms with Crippen LogP contribution in [0.5, 0.6) is 0 Å². The van der Waals surface area contributed by atoms with Crippen LogP contribution in [-0.4, -0.2) is 6.04 Å². The van der Waals surface area contributed by atoms with Gasteiger partial charge < -0.3 is 5.32 Å². The van der Waals surface area contributed by atoms with Crippen molar-refractivity contribution in [3.63, 3.8) is 0 Å². The topological polar surface area (TPSA) is 12.0 Å². The van der Waals surface area contributed by atoms with Crippen molar-refractivity contribution >= 4 is 5.69 Å². The first kappa shape index (κ1) is 12.3. The van der Waals surface area contributed by atoms with Crippen LogP contribution in [0.3, 0.4) is 0 Å². The summed E-state index contributed by atoms with van der Waals surface area (Å²) in [6.07, 6.45) is 0.981. The predicted molar refractivity (Wildman–Crippen MR) is 77.5 cm³/mol. The number of anilines is 1. The average molecular weight is 235 g/mol. The zero-order chi connectivity index (χ0) is 12.6. The zero-order valence-corrected chi connectivity index (χ0v) is 10.6. The maximum Gasteiger partial charge on any atom is 0.0878 e. The summed E-state index contributed by atoms with van der Waals surface area (Å²) in [4.78, 5) is 0. The number of hydrogen-bond acceptors (Lipinski definition) is 1. The summed E-state index contributed by atoms with van der Waals surface area (Å²) < 4.78 is 0. The average Bonchev–Trinajstić information content (AvgIpc) is 2.45. The summed E-state index contributed by atoms with van der Waals surface area (Å²) in [6.45, 7) is 2.14. The molecule has 1 atom stereocenters. The zero-order valence-electron chi connectivity index (χ0n) is 10.6. The van der Waals surface area contributed by atoms with Gasteiger partial charge in [-0.1, -0.05) is 55.2 Å². The second kappa shape index (κ2) is 6.51. The standard InChI is InChI=1S/C17H17N/c1-2-16(18-17-11-7-4-8-12-17)14-13-15-9-5-3-6-10-15/h3-12,16,18H,2H2,1H3/t16-/m1/s1. The van der Waals surface area contributed by atoms with Crippen LogP contribution in [0.15, 0.2) is 60.7 Å². The summed E-state index contributed by atoms with van der Waals surface area (Å²) in [6, 6.07) is 20.5. The first-order chi connectivity index (χ1) is 8.88. The quantitative estimate of drug-likeness (QED) is 0.795. The molecule has 0 fully saturated rings. The Labute approximate surface area is 109 Å². The van der Waals surface area contributed by atoms with Gasteiger partial charge in [0.15, 0.2) is 0 Å². The lowest BCUT2D eigenvalue weighted by molar-refractivity contribution is 0.857. The molecule has 0 aliphatic rings. The highest BCUT2D eigenvalue weighted by Crippen LogP contribution is 2.08. The number of para-hydroxylation sites is 1. The van der Waals surface area contributed by atoms with Gasteiger partial charge in [-0.25, -0.2) is 0 Å². The Kier molecular flexibility index (Phi) is 4.44. The number of nitrogens with one attached hydrogen (secondary N) is 1. The molecule has 0 bridgehead atoms. The van der Waals surface area contributed by atoms with Crippen molar-refractivity contribution in [1.82, 2.24) is 0 Å². The van der Waals surface area contributed by atoms with Crippen LogP contribution in [0.4, 0.5) is 5.69 Å². The molecule has 0 spiro atoms. The Morgan fingerprint density at radius 1 is 0.944 bits per heavy atom. The molecule has 2 rings (SSSR count). The van der Waals surface area contributed by atoms with Crippen molar-refractivity contribution in [2.45, 2.75) is 19.4 Å². The van der Waals surface area contributed by atoms with E-state index in [1.807, 2.05) is 48.5 Å². The summed E-state index contributed by atoms with van der Waals surface area (Å²) >= 11 is 0. The van der Waals surface area contributed by atoms with Crippen LogP contribution >= 0.6 is 0 Å². The molecule has 0 aromatic heterocycles. The molecule has 1 N–H and O–H groups in total. The Morgan fingerprint density at radius 3 is 2.17 bits per heavy atom. The maximum atomic E-state index is 3.43. The first-order valence-electron chi connectivity index (χ1n) is 6.26. The summed E-state index contributed by atoms with van der Waals surface area (Å²) in [5.41, 5.74) is 2.18. The minimum Gasteiger partial charge on any atom is -0.372 e. The van der Waals surface area contributed by atoms with Gasteiger partial charge in [-0.3, -0.25) is 0 Å². The lowest BCUT2D eigenvalue weighted by atomic mass is 10.1. The summed E-state index contributed by atoms with van der Waals surface area (Å²) in [5.74, 6) is 6.48. The molecule has 0 unspecified atom stereocenters. The Balaban J connectivity index is 2.05. The van der Waals surface area contributed by atoms with Gasteiger partial charge in [0.1, 0.15) is 0 Å². The Bertz CT molecular complexity index is 520. The Hall–Kier alpha value is -2.20. The highest BCUT2D eigenvalue weighted by Gasteiger charge is 2.00. The molecule has 0 saturated heterocycles. The minimum atomic E-state index is 0.188. The molecule has 0 heterocycles. The van der Waals surface area contributed by atoms with E-state index in [-0.39, 0.29) is 6.04 Å². The molecular weight excluding hydrogens is 218 g/mol. The normalized spacial score (nSPS) is 11.2. The van der Waals surface area contributed by atoms with E-state index in [1.54, 1.807) is 0 Å². The molecule has 1 heteroatoms. The van der Waals surface area contributed by atoms with Crippen LogP contribution in [0, 0.1) is 11.8 Å². The Morgan fingerprint density at radius 2 is 1.56 bits per heavy atom. The third-order valence-electron chi connectivity index (χ3n) is 2.69. The van der Waals surface area contributed by atoms with Gasteiger partial charge in [0.25, 0.3) is 0 Å². The second-order valence-electron chi connectivity index (χ2n) is 4.11. The highest BCUT2D eigenvalue weighted by molar-refractivity contribution is 5.46. The third kappa shape index (κ3) is 3.68. The molecule has 0 aliphatic carbocycles. The highest BCUT2D eigenvalue weighted by atomic mass is 14.9. The van der Waals surface area contributed by atoms with Gasteiger partial charge in [-0.15, -0.1) is 0 Å². The van der Waals surface area contributed by atoms with Crippen molar-refractivity contribution in [2.75, 3.05) is 5.32 Å². The van der Waals surface area contributed by atoms with E-state index in [0.717, 1.165) is 17.7 Å². The summed E-state index contributed by atoms with van der Waals surface area (Å²) in [7, 11) is 0. The van der Waals surface area contributed by atoms with E-state index in [0.29, 0.717) is 0 Å². The predicted octanol–water partition coefficient (Wildman–Crippen LogP) is 3.93. The number of rotatable bonds is 3. The second-order valence-corrected chi connectivity index (χ2v) is 4.11. The van der Waals surface area contributed by atoms with Crippen molar-refractivity contribution in [1.29, 1.82) is 0 Å². The van der Waals surface area contributed by atoms with Crippen LogP contribution in [0.25, 0.3) is 0 Å². The van der Waals surface area contributed by atoms with Gasteiger partial charge in [0.2, 0.25) is 0 Å². The smallest absolute Gasteiger partial charge is 0.0878 e. The van der Waals surface area contributed by atoms with E-state index in [9.17, 15) is 0 Å². The molecule has 1 nitrogen and oxygen atoms in total. The van der Waals surface area contributed by atoms with Gasteiger partial charge in [0.05, 0.1) is 6.04 Å². The van der Waals surface area contributed by atoms with Crippen molar-refractivity contribution in [2.24, 2.45) is 0 Å². The molecule has 0 saturated carbocycles. The molecule has 0 amide bonds. The molecule has 2 aromatic rings. The van der Waals surface area contributed by atoms with E-state index >= 15 is 0 Å². The van der Waals surface area contributed by atoms with Gasteiger partial charge in [0, 0.05) is 11.3 Å². The van der Waals surface area contributed by atoms with Gasteiger partial charge in [-0.2, -0.15) is 0 Å². The van der Waals surface area contributed by atoms with Crippen LogP contribution in [-0.2, 0) is 0 Å². The van der Waals surface area contributed by atoms with Gasteiger partial charge in [-0.05, 0) is 30.7 Å². The van der Waals surface area contributed by atoms with Crippen molar-refractivity contribution in [3.8, 4) is 11.8 Å². The van der Waals surface area contributed by atoms with E-state index in [1.165, 1.54) is 0 Å². The SMILES string of the molecule is CC[C@H](C#Cc1ccccc1)Nc1ccccc1. The fourth-order valence-corrected chi connectivity index (χ4v) is 1.67. The van der Waals surface area contributed by atoms with Crippen LogP contribution in [0.1, 0.15) is 18.9 Å². The van der Waals surface area contributed by atoms with Crippen LogP contribution < -0.4 is 5.32 Å². The lowest BCUT2D eigenvalue weighted by Gasteiger charge is -2.11. The maximum absolute atomic E-state index is 3.43. The van der Waals surface area contributed by atoms with E-state index in [4.69, 9.17) is 0 Å². The number of hydrogen-bond donors (Lipinski definition) is 1. The summed E-state index contributed by atoms with van der Waals surface area (Å²) in [5, 5.41) is 3.43. The van der Waals surface area contributed by atoms with Gasteiger partial charge >= 0.3 is 0 Å². The van der Waals surface area contributed by atoms with Crippen molar-refractivity contribution < 1.29 is 0 Å². The monoisotopic (exact) mass is 235 g/mol. The van der Waals surface area contributed by atoms with Crippen molar-refractivity contribution in [3.05, 3.63) is 66.2 Å². The van der Waals surface area contributed by atoms with Crippen LogP contribution in [0.2, 0.25) is 0 Å². The first-order valence-corrected chi connectivity index (χ1v) is 6.26. The third-order valence-corrected chi connectivity index (χ3v) is 2.69. The molecule has 0 radical (unpaired) electrons.